The smallest absolute Gasteiger partial charge is 0.0300 e. The van der Waals surface area contributed by atoms with E-state index in [1.54, 1.807) is 0 Å². The van der Waals surface area contributed by atoms with Gasteiger partial charge < -0.3 is 11.5 Å². The second-order valence-corrected chi connectivity index (χ2v) is 7.61. The first-order chi connectivity index (χ1) is 8.76. The summed E-state index contributed by atoms with van der Waals surface area (Å²) in [5.41, 5.74) is 14.2. The normalized spacial score (nSPS) is 34.2. The monoisotopic (exact) mass is 261 g/mol. The lowest BCUT2D eigenvalue weighted by atomic mass is 9.57. The second-order valence-electron chi connectivity index (χ2n) is 7.61. The van der Waals surface area contributed by atoms with E-state index in [0.717, 1.165) is 25.7 Å². The van der Waals surface area contributed by atoms with Crippen molar-refractivity contribution >= 4 is 0 Å². The fraction of sp³-hybridized carbons (Fsp3) is 0.688. The first kappa shape index (κ1) is 14.5. The van der Waals surface area contributed by atoms with Gasteiger partial charge in [0.05, 0.1) is 0 Å². The lowest BCUT2D eigenvalue weighted by Gasteiger charge is -2.51. The molecule has 0 bridgehead atoms. The zero-order chi connectivity index (χ0) is 14.1. The Bertz CT molecular complexity index is 429. The van der Waals surface area contributed by atoms with Gasteiger partial charge in [0.1, 0.15) is 0 Å². The molecule has 1 aliphatic carbocycles. The Kier molecular flexibility index (Phi) is 3.72. The van der Waals surface area contributed by atoms with Crippen LogP contribution in [0.15, 0.2) is 24.5 Å². The maximum Gasteiger partial charge on any atom is 0.0300 e. The molecular weight excluding hydrogens is 234 g/mol. The first-order valence-electron chi connectivity index (χ1n) is 7.14. The van der Waals surface area contributed by atoms with Gasteiger partial charge in [-0.05, 0) is 54.7 Å². The van der Waals surface area contributed by atoms with E-state index >= 15 is 0 Å². The van der Waals surface area contributed by atoms with Crippen molar-refractivity contribution in [3.63, 3.8) is 0 Å². The van der Waals surface area contributed by atoms with Gasteiger partial charge in [-0.2, -0.15) is 0 Å². The van der Waals surface area contributed by atoms with Gasteiger partial charge >= 0.3 is 0 Å². The van der Waals surface area contributed by atoms with Crippen LogP contribution in [-0.2, 0) is 6.42 Å². The van der Waals surface area contributed by atoms with Crippen LogP contribution in [0.25, 0.3) is 0 Å². The van der Waals surface area contributed by atoms with Gasteiger partial charge in [0.15, 0.2) is 0 Å². The summed E-state index contributed by atoms with van der Waals surface area (Å²) in [6, 6.07) is 4.10. The van der Waals surface area contributed by atoms with Crippen molar-refractivity contribution < 1.29 is 0 Å². The molecule has 4 N–H and O–H groups in total. The number of hydrogen-bond donors (Lipinski definition) is 2. The molecule has 1 aromatic rings. The second kappa shape index (κ2) is 4.88. The number of rotatable bonds is 3. The van der Waals surface area contributed by atoms with Gasteiger partial charge in [0, 0.05) is 17.9 Å². The highest BCUT2D eigenvalue weighted by molar-refractivity contribution is 5.15. The average molecular weight is 261 g/mol. The van der Waals surface area contributed by atoms with Crippen molar-refractivity contribution in [1.29, 1.82) is 0 Å². The Balaban J connectivity index is 2.21. The van der Waals surface area contributed by atoms with E-state index in [-0.39, 0.29) is 16.4 Å². The molecule has 1 aromatic heterocycles. The minimum Gasteiger partial charge on any atom is -0.330 e. The highest BCUT2D eigenvalue weighted by atomic mass is 14.8. The zero-order valence-electron chi connectivity index (χ0n) is 12.4. The molecule has 2 atom stereocenters. The quantitative estimate of drug-likeness (QED) is 0.878. The van der Waals surface area contributed by atoms with Crippen molar-refractivity contribution in [2.45, 2.75) is 52.0 Å². The molecule has 2 unspecified atom stereocenters. The molecule has 19 heavy (non-hydrogen) atoms. The van der Waals surface area contributed by atoms with Crippen LogP contribution in [0, 0.1) is 10.8 Å². The fourth-order valence-electron chi connectivity index (χ4n) is 4.32. The summed E-state index contributed by atoms with van der Waals surface area (Å²) in [6.45, 7) is 7.61. The van der Waals surface area contributed by atoms with Gasteiger partial charge in [0.25, 0.3) is 0 Å². The van der Waals surface area contributed by atoms with Crippen molar-refractivity contribution in [3.05, 3.63) is 30.1 Å². The molecule has 0 aliphatic heterocycles. The molecule has 0 amide bonds. The maximum absolute atomic E-state index is 6.73. The van der Waals surface area contributed by atoms with Crippen LogP contribution in [-0.4, -0.2) is 17.1 Å². The maximum atomic E-state index is 6.73. The third-order valence-corrected chi connectivity index (χ3v) is 4.29. The summed E-state index contributed by atoms with van der Waals surface area (Å²) in [5, 5.41) is 0. The molecule has 0 radical (unpaired) electrons. The summed E-state index contributed by atoms with van der Waals surface area (Å²) in [7, 11) is 0. The molecule has 1 heterocycles. The van der Waals surface area contributed by atoms with Crippen molar-refractivity contribution in [2.24, 2.45) is 22.3 Å². The summed E-state index contributed by atoms with van der Waals surface area (Å²) in [6.07, 6.45) is 7.82. The van der Waals surface area contributed by atoms with Gasteiger partial charge in [0.2, 0.25) is 0 Å². The largest absolute Gasteiger partial charge is 0.330 e. The number of hydrogen-bond acceptors (Lipinski definition) is 3. The third kappa shape index (κ3) is 3.54. The SMILES string of the molecule is CC1(C)CC(C)(CN)CC(N)(Cc2cccnc2)C1. The van der Waals surface area contributed by atoms with E-state index in [0.29, 0.717) is 6.54 Å². The highest BCUT2D eigenvalue weighted by Crippen LogP contribution is 2.49. The Hall–Kier alpha value is -0.930. The first-order valence-corrected chi connectivity index (χ1v) is 7.14. The van der Waals surface area contributed by atoms with Crippen LogP contribution in [0.4, 0.5) is 0 Å². The molecular formula is C16H27N3. The van der Waals surface area contributed by atoms with E-state index in [1.165, 1.54) is 5.56 Å². The molecule has 3 heteroatoms. The van der Waals surface area contributed by atoms with Crippen molar-refractivity contribution in [2.75, 3.05) is 6.54 Å². The van der Waals surface area contributed by atoms with Gasteiger partial charge in [-0.25, -0.2) is 0 Å². The Morgan fingerprint density at radius 1 is 1.21 bits per heavy atom. The van der Waals surface area contributed by atoms with E-state index in [2.05, 4.69) is 31.8 Å². The van der Waals surface area contributed by atoms with Crippen molar-refractivity contribution in [3.8, 4) is 0 Å². The Morgan fingerprint density at radius 3 is 2.53 bits per heavy atom. The van der Waals surface area contributed by atoms with Gasteiger partial charge in [-0.3, -0.25) is 4.98 Å². The number of aromatic nitrogens is 1. The predicted octanol–water partition coefficient (Wildman–Crippen LogP) is 2.50. The van der Waals surface area contributed by atoms with Crippen LogP contribution in [0.1, 0.15) is 45.6 Å². The van der Waals surface area contributed by atoms with Gasteiger partial charge in [-0.1, -0.05) is 26.8 Å². The van der Waals surface area contributed by atoms with E-state index in [4.69, 9.17) is 11.5 Å². The van der Waals surface area contributed by atoms with E-state index in [1.807, 2.05) is 18.5 Å². The standard InChI is InChI=1S/C16H27N3/c1-14(2)9-15(3,12-17)11-16(18,10-14)7-13-5-4-6-19-8-13/h4-6,8H,7,9-12,17-18H2,1-3H3. The molecule has 2 rings (SSSR count). The minimum absolute atomic E-state index is 0.151. The summed E-state index contributed by atoms with van der Waals surface area (Å²) >= 11 is 0. The van der Waals surface area contributed by atoms with Crippen molar-refractivity contribution in [1.82, 2.24) is 4.98 Å². The number of nitrogens with two attached hydrogens (primary N) is 2. The minimum atomic E-state index is -0.168. The van der Waals surface area contributed by atoms with Crippen LogP contribution in [0.2, 0.25) is 0 Å². The van der Waals surface area contributed by atoms with Crippen LogP contribution >= 0.6 is 0 Å². The molecule has 1 aliphatic rings. The predicted molar refractivity (Wildman–Crippen MR) is 79.7 cm³/mol. The summed E-state index contributed by atoms with van der Waals surface area (Å²) < 4.78 is 0. The molecule has 0 aromatic carbocycles. The number of nitrogens with zero attached hydrogens (tertiary/aromatic N) is 1. The van der Waals surface area contributed by atoms with Gasteiger partial charge in [-0.15, -0.1) is 0 Å². The Morgan fingerprint density at radius 2 is 1.95 bits per heavy atom. The molecule has 1 saturated carbocycles. The third-order valence-electron chi connectivity index (χ3n) is 4.29. The van der Waals surface area contributed by atoms with E-state index < -0.39 is 0 Å². The molecule has 3 nitrogen and oxygen atoms in total. The van der Waals surface area contributed by atoms with Crippen LogP contribution in [0.3, 0.4) is 0 Å². The zero-order valence-corrected chi connectivity index (χ0v) is 12.4. The molecule has 1 fully saturated rings. The summed E-state index contributed by atoms with van der Waals surface area (Å²) in [4.78, 5) is 4.19. The molecule has 0 spiro atoms. The lowest BCUT2D eigenvalue weighted by molar-refractivity contribution is 0.0420. The number of pyridine rings is 1. The fourth-order valence-corrected chi connectivity index (χ4v) is 4.32. The van der Waals surface area contributed by atoms with Crippen LogP contribution in [0.5, 0.6) is 0 Å². The molecule has 0 saturated heterocycles. The lowest BCUT2D eigenvalue weighted by Crippen LogP contribution is -2.55. The Labute approximate surface area is 116 Å². The highest BCUT2D eigenvalue weighted by Gasteiger charge is 2.46. The summed E-state index contributed by atoms with van der Waals surface area (Å²) in [5.74, 6) is 0. The molecule has 106 valence electrons. The topological polar surface area (TPSA) is 64.9 Å². The van der Waals surface area contributed by atoms with Crippen LogP contribution < -0.4 is 11.5 Å². The van der Waals surface area contributed by atoms with E-state index in [9.17, 15) is 0 Å². The average Bonchev–Trinajstić information content (AvgIpc) is 2.26.